The zero-order chi connectivity index (χ0) is 12.8. The fraction of sp³-hybridized carbons (Fsp3) is 0. The summed E-state index contributed by atoms with van der Waals surface area (Å²) in [6.45, 7) is 0. The largest absolute Gasteiger partial charge is 0.239 e. The highest BCUT2D eigenvalue weighted by Crippen LogP contribution is 2.29. The summed E-state index contributed by atoms with van der Waals surface area (Å²) in [4.78, 5) is 7.33. The summed E-state index contributed by atoms with van der Waals surface area (Å²) in [6, 6.07) is 2.53. The Bertz CT molecular complexity index is 718. The molecule has 2 rings (SSSR count). The van der Waals surface area contributed by atoms with E-state index in [-0.39, 0.29) is 20.4 Å². The molecule has 0 unspecified atom stereocenters. The number of aromatic nitrogens is 2. The van der Waals surface area contributed by atoms with E-state index >= 15 is 0 Å². The summed E-state index contributed by atoms with van der Waals surface area (Å²) in [5.41, 5.74) is 0.340. The highest BCUT2D eigenvalue weighted by atomic mass is 35.5. The van der Waals surface area contributed by atoms with Gasteiger partial charge in [0.25, 0.3) is 0 Å². The van der Waals surface area contributed by atoms with Crippen LogP contribution in [0.1, 0.15) is 0 Å². The molecule has 0 aliphatic heterocycles. The zero-order valence-electron chi connectivity index (χ0n) is 7.99. The molecule has 0 radical (unpaired) electrons. The number of rotatable bonds is 1. The maximum absolute atomic E-state index is 11.3. The van der Waals surface area contributed by atoms with Gasteiger partial charge < -0.3 is 0 Å². The van der Waals surface area contributed by atoms with Gasteiger partial charge in [-0.1, -0.05) is 23.2 Å². The molecule has 0 bridgehead atoms. The summed E-state index contributed by atoms with van der Waals surface area (Å²) < 4.78 is 22.5. The highest BCUT2D eigenvalue weighted by molar-refractivity contribution is 7.89. The molecule has 0 saturated heterocycles. The van der Waals surface area contributed by atoms with Crippen LogP contribution in [-0.2, 0) is 10.0 Å². The number of fused-ring (bicyclic) bond motifs is 1. The lowest BCUT2D eigenvalue weighted by atomic mass is 10.2. The number of hydrogen-bond donors (Lipinski definition) is 1. The number of halogens is 3. The lowest BCUT2D eigenvalue weighted by Gasteiger charge is -2.05. The van der Waals surface area contributed by atoms with Crippen LogP contribution in [0.5, 0.6) is 0 Å². The smallest absolute Gasteiger partial charge is 0.225 e. The Kier molecular flexibility index (Phi) is 3.17. The normalized spacial score (nSPS) is 12.0. The van der Waals surface area contributed by atoms with E-state index in [1.165, 1.54) is 12.1 Å². The minimum atomic E-state index is -3.93. The van der Waals surface area contributed by atoms with Crippen molar-refractivity contribution in [2.45, 2.75) is 4.90 Å². The molecule has 0 aliphatic carbocycles. The van der Waals surface area contributed by atoms with Crippen molar-refractivity contribution in [1.29, 1.82) is 0 Å². The molecule has 9 heteroatoms. The Morgan fingerprint density at radius 2 is 1.76 bits per heavy atom. The molecule has 0 atom stereocenters. The molecule has 0 amide bonds. The third-order valence-electron chi connectivity index (χ3n) is 1.98. The van der Waals surface area contributed by atoms with Crippen molar-refractivity contribution in [3.05, 3.63) is 27.6 Å². The molecule has 0 saturated carbocycles. The predicted octanol–water partition coefficient (Wildman–Crippen LogP) is 2.24. The first-order valence-electron chi connectivity index (χ1n) is 4.14. The van der Waals surface area contributed by atoms with E-state index in [2.05, 4.69) is 9.97 Å². The average Bonchev–Trinajstić information content (AvgIpc) is 2.13. The molecule has 0 fully saturated rings. The SMILES string of the molecule is NS(=O)(=O)c1cc2c(Cl)nc(Cl)nc2cc1Cl. The topological polar surface area (TPSA) is 85.9 Å². The third-order valence-corrected chi connectivity index (χ3v) is 3.81. The van der Waals surface area contributed by atoms with Crippen LogP contribution >= 0.6 is 34.8 Å². The standard InChI is InChI=1S/C8H4Cl3N3O2S/c9-4-2-5-3(1-6(4)17(12,15)16)7(10)14-8(11)13-5/h1-2H,(H2,12,15,16). The molecule has 0 aliphatic rings. The van der Waals surface area contributed by atoms with Gasteiger partial charge in [0, 0.05) is 5.39 Å². The number of benzene rings is 1. The maximum atomic E-state index is 11.3. The number of nitrogens with zero attached hydrogens (tertiary/aromatic N) is 2. The maximum Gasteiger partial charge on any atom is 0.239 e. The Morgan fingerprint density at radius 1 is 1.12 bits per heavy atom. The van der Waals surface area contributed by atoms with Crippen LogP contribution in [0.25, 0.3) is 10.9 Å². The first kappa shape index (κ1) is 12.8. The molecular weight excluding hydrogens is 309 g/mol. The van der Waals surface area contributed by atoms with E-state index in [0.29, 0.717) is 10.9 Å². The Balaban J connectivity index is 2.91. The van der Waals surface area contributed by atoms with Gasteiger partial charge in [-0.2, -0.15) is 0 Å². The van der Waals surface area contributed by atoms with Crippen molar-refractivity contribution >= 4 is 55.7 Å². The van der Waals surface area contributed by atoms with Crippen LogP contribution in [0.2, 0.25) is 15.5 Å². The summed E-state index contributed by atoms with van der Waals surface area (Å²) in [6.07, 6.45) is 0. The lowest BCUT2D eigenvalue weighted by molar-refractivity contribution is 0.598. The van der Waals surface area contributed by atoms with Gasteiger partial charge in [-0.3, -0.25) is 0 Å². The Labute approximate surface area is 112 Å². The van der Waals surface area contributed by atoms with E-state index in [9.17, 15) is 8.42 Å². The van der Waals surface area contributed by atoms with Gasteiger partial charge >= 0.3 is 0 Å². The monoisotopic (exact) mass is 311 g/mol. The van der Waals surface area contributed by atoms with Gasteiger partial charge in [-0.15, -0.1) is 0 Å². The second kappa shape index (κ2) is 4.22. The number of sulfonamides is 1. The second-order valence-electron chi connectivity index (χ2n) is 3.13. The lowest BCUT2D eigenvalue weighted by Crippen LogP contribution is -2.12. The van der Waals surface area contributed by atoms with Gasteiger partial charge in [0.1, 0.15) is 10.0 Å². The first-order valence-corrected chi connectivity index (χ1v) is 6.82. The molecule has 90 valence electrons. The molecule has 5 nitrogen and oxygen atoms in total. The van der Waals surface area contributed by atoms with E-state index in [1.54, 1.807) is 0 Å². The summed E-state index contributed by atoms with van der Waals surface area (Å²) in [5, 5.41) is 5.24. The molecule has 1 aromatic carbocycles. The van der Waals surface area contributed by atoms with E-state index in [1.807, 2.05) is 0 Å². The van der Waals surface area contributed by atoms with Crippen LogP contribution in [0.15, 0.2) is 17.0 Å². The van der Waals surface area contributed by atoms with Gasteiger partial charge in [0.15, 0.2) is 0 Å². The third kappa shape index (κ3) is 2.46. The van der Waals surface area contributed by atoms with Crippen molar-refractivity contribution < 1.29 is 8.42 Å². The molecule has 0 spiro atoms. The number of nitrogens with two attached hydrogens (primary N) is 1. The van der Waals surface area contributed by atoms with E-state index in [4.69, 9.17) is 39.9 Å². The van der Waals surface area contributed by atoms with Crippen LogP contribution < -0.4 is 5.14 Å². The van der Waals surface area contributed by atoms with Gasteiger partial charge in [-0.25, -0.2) is 23.5 Å². The molecule has 1 aromatic heterocycles. The van der Waals surface area contributed by atoms with E-state index in [0.717, 1.165) is 0 Å². The van der Waals surface area contributed by atoms with Crippen LogP contribution in [0.4, 0.5) is 0 Å². The van der Waals surface area contributed by atoms with E-state index < -0.39 is 10.0 Å². The Morgan fingerprint density at radius 3 is 2.35 bits per heavy atom. The fourth-order valence-electron chi connectivity index (χ4n) is 1.28. The molecule has 2 N–H and O–H groups in total. The van der Waals surface area contributed by atoms with Crippen molar-refractivity contribution in [2.75, 3.05) is 0 Å². The summed E-state index contributed by atoms with van der Waals surface area (Å²) in [5.74, 6) is 0. The first-order chi connectivity index (χ1) is 7.79. The van der Waals surface area contributed by atoms with Crippen LogP contribution in [-0.4, -0.2) is 18.4 Å². The van der Waals surface area contributed by atoms with Crippen molar-refractivity contribution in [1.82, 2.24) is 9.97 Å². The number of primary sulfonamides is 1. The molecular formula is C8H4Cl3N3O2S. The minimum absolute atomic E-state index is 0.0292. The fourth-order valence-corrected chi connectivity index (χ4v) is 2.83. The quantitative estimate of drug-likeness (QED) is 0.646. The average molecular weight is 313 g/mol. The summed E-state index contributed by atoms with van der Waals surface area (Å²) in [7, 11) is -3.93. The zero-order valence-corrected chi connectivity index (χ0v) is 11.1. The van der Waals surface area contributed by atoms with Crippen molar-refractivity contribution in [2.24, 2.45) is 5.14 Å². The summed E-state index contributed by atoms with van der Waals surface area (Å²) >= 11 is 17.2. The van der Waals surface area contributed by atoms with Crippen LogP contribution in [0, 0.1) is 0 Å². The highest BCUT2D eigenvalue weighted by Gasteiger charge is 2.16. The van der Waals surface area contributed by atoms with Gasteiger partial charge in [-0.05, 0) is 23.7 Å². The molecule has 17 heavy (non-hydrogen) atoms. The van der Waals surface area contributed by atoms with Crippen molar-refractivity contribution in [3.8, 4) is 0 Å². The van der Waals surface area contributed by atoms with Crippen LogP contribution in [0.3, 0.4) is 0 Å². The minimum Gasteiger partial charge on any atom is -0.225 e. The molecule has 1 heterocycles. The number of hydrogen-bond acceptors (Lipinski definition) is 4. The molecule has 2 aromatic rings. The van der Waals surface area contributed by atoms with Gasteiger partial charge in [0.2, 0.25) is 15.3 Å². The van der Waals surface area contributed by atoms with Gasteiger partial charge in [0.05, 0.1) is 10.5 Å². The predicted molar refractivity (Wildman–Crippen MR) is 65.9 cm³/mol. The second-order valence-corrected chi connectivity index (χ2v) is 5.76. The Hall–Kier alpha value is -0.660. The van der Waals surface area contributed by atoms with Crippen molar-refractivity contribution in [3.63, 3.8) is 0 Å².